The van der Waals surface area contributed by atoms with Gasteiger partial charge in [-0.2, -0.15) is 4.98 Å². The number of aromatic nitrogens is 3. The summed E-state index contributed by atoms with van der Waals surface area (Å²) in [5.74, 6) is 1.09. The van der Waals surface area contributed by atoms with Gasteiger partial charge in [-0.1, -0.05) is 5.16 Å². The van der Waals surface area contributed by atoms with E-state index in [0.29, 0.717) is 17.3 Å². The summed E-state index contributed by atoms with van der Waals surface area (Å²) in [6.45, 7) is 1.94. The fourth-order valence-corrected chi connectivity index (χ4v) is 2.16. The Kier molecular flexibility index (Phi) is 3.39. The molecule has 0 fully saturated rings. The van der Waals surface area contributed by atoms with E-state index in [1.807, 2.05) is 19.1 Å². The van der Waals surface area contributed by atoms with Gasteiger partial charge in [0.05, 0.1) is 3.57 Å². The van der Waals surface area contributed by atoms with Crippen LogP contribution in [0.4, 0.5) is 0 Å². The molecule has 1 aromatic carbocycles. The summed E-state index contributed by atoms with van der Waals surface area (Å²) >= 11 is 2.06. The second kappa shape index (κ2) is 5.20. The molecular weight excluding hydrogens is 369 g/mol. The minimum atomic E-state index is 0.197. The quantitative estimate of drug-likeness (QED) is 0.691. The number of nitrogens with zero attached hydrogens (tertiary/aromatic N) is 3. The van der Waals surface area contributed by atoms with Crippen molar-refractivity contribution < 1.29 is 9.63 Å². The van der Waals surface area contributed by atoms with Crippen molar-refractivity contribution >= 4 is 22.6 Å². The maximum absolute atomic E-state index is 9.72. The van der Waals surface area contributed by atoms with Crippen molar-refractivity contribution in [2.75, 3.05) is 0 Å². The Morgan fingerprint density at radius 1 is 1.25 bits per heavy atom. The predicted molar refractivity (Wildman–Crippen MR) is 82.1 cm³/mol. The number of phenols is 1. The predicted octanol–water partition coefficient (Wildman–Crippen LogP) is 3.42. The number of phenolic OH excluding ortho intramolecular Hbond substituents is 1. The number of benzene rings is 1. The van der Waals surface area contributed by atoms with Crippen molar-refractivity contribution in [3.05, 3.63) is 45.8 Å². The Hall–Kier alpha value is -1.96. The van der Waals surface area contributed by atoms with Crippen LogP contribution < -0.4 is 0 Å². The van der Waals surface area contributed by atoms with Gasteiger partial charge in [0.2, 0.25) is 5.82 Å². The highest BCUT2D eigenvalue weighted by molar-refractivity contribution is 14.1. The summed E-state index contributed by atoms with van der Waals surface area (Å²) in [6.07, 6.45) is 3.44. The third-order valence-electron chi connectivity index (χ3n) is 2.88. The zero-order valence-electron chi connectivity index (χ0n) is 10.5. The van der Waals surface area contributed by atoms with Gasteiger partial charge in [0.1, 0.15) is 5.75 Å². The summed E-state index contributed by atoms with van der Waals surface area (Å²) in [6, 6.07) is 7.08. The first-order valence-electron chi connectivity index (χ1n) is 5.89. The molecule has 0 radical (unpaired) electrons. The zero-order chi connectivity index (χ0) is 14.1. The van der Waals surface area contributed by atoms with Crippen molar-refractivity contribution in [3.63, 3.8) is 0 Å². The molecular formula is C14H10IN3O2. The third kappa shape index (κ3) is 2.38. The molecule has 0 aliphatic carbocycles. The van der Waals surface area contributed by atoms with Crippen LogP contribution in [0.25, 0.3) is 22.8 Å². The van der Waals surface area contributed by atoms with Gasteiger partial charge < -0.3 is 9.63 Å². The van der Waals surface area contributed by atoms with E-state index in [1.54, 1.807) is 24.5 Å². The van der Waals surface area contributed by atoms with Crippen LogP contribution in [-0.4, -0.2) is 20.2 Å². The highest BCUT2D eigenvalue weighted by Gasteiger charge is 2.13. The van der Waals surface area contributed by atoms with Gasteiger partial charge in [0.15, 0.2) is 0 Å². The molecule has 0 saturated carbocycles. The van der Waals surface area contributed by atoms with Gasteiger partial charge in [-0.25, -0.2) is 0 Å². The van der Waals surface area contributed by atoms with Crippen LogP contribution in [0.2, 0.25) is 0 Å². The lowest BCUT2D eigenvalue weighted by Gasteiger charge is -1.99. The van der Waals surface area contributed by atoms with Crippen LogP contribution in [0.1, 0.15) is 5.56 Å². The molecule has 3 aromatic rings. The molecule has 0 aliphatic rings. The average molecular weight is 379 g/mol. The Balaban J connectivity index is 2.02. The summed E-state index contributed by atoms with van der Waals surface area (Å²) in [5.41, 5.74) is 2.54. The Morgan fingerprint density at radius 2 is 2.10 bits per heavy atom. The van der Waals surface area contributed by atoms with Crippen molar-refractivity contribution in [1.82, 2.24) is 15.1 Å². The molecule has 100 valence electrons. The molecule has 0 atom stereocenters. The fourth-order valence-electron chi connectivity index (χ4n) is 1.82. The average Bonchev–Trinajstić information content (AvgIpc) is 2.92. The standard InChI is InChI=1S/C14H10IN3O2/c1-8-7-16-5-4-10(8)13-17-14(20-18-13)9-2-3-11(15)12(19)6-9/h2-7,19H,1H3. The summed E-state index contributed by atoms with van der Waals surface area (Å²) < 4.78 is 6.03. The number of hydrogen-bond donors (Lipinski definition) is 1. The summed E-state index contributed by atoms with van der Waals surface area (Å²) in [4.78, 5) is 8.40. The van der Waals surface area contributed by atoms with E-state index in [-0.39, 0.29) is 5.75 Å². The largest absolute Gasteiger partial charge is 0.507 e. The van der Waals surface area contributed by atoms with E-state index >= 15 is 0 Å². The maximum atomic E-state index is 9.72. The Labute approximate surface area is 128 Å². The molecule has 0 bridgehead atoms. The molecule has 0 saturated heterocycles. The van der Waals surface area contributed by atoms with Crippen molar-refractivity contribution in [2.45, 2.75) is 6.92 Å². The van der Waals surface area contributed by atoms with Crippen LogP contribution in [0.3, 0.4) is 0 Å². The molecule has 0 spiro atoms. The summed E-state index contributed by atoms with van der Waals surface area (Å²) in [5, 5.41) is 13.7. The van der Waals surface area contributed by atoms with Crippen molar-refractivity contribution in [1.29, 1.82) is 0 Å². The number of pyridine rings is 1. The molecule has 5 nitrogen and oxygen atoms in total. The van der Waals surface area contributed by atoms with E-state index in [2.05, 4.69) is 37.7 Å². The number of aromatic hydroxyl groups is 1. The first kappa shape index (κ1) is 13.0. The van der Waals surface area contributed by atoms with Gasteiger partial charge >= 0.3 is 0 Å². The zero-order valence-corrected chi connectivity index (χ0v) is 12.7. The second-order valence-corrected chi connectivity index (χ2v) is 5.44. The molecule has 0 unspecified atom stereocenters. The van der Waals surface area contributed by atoms with E-state index in [9.17, 15) is 5.11 Å². The molecule has 0 amide bonds. The molecule has 3 rings (SSSR count). The number of halogens is 1. The highest BCUT2D eigenvalue weighted by Crippen LogP contribution is 2.28. The molecule has 1 N–H and O–H groups in total. The summed E-state index contributed by atoms with van der Waals surface area (Å²) in [7, 11) is 0. The monoisotopic (exact) mass is 379 g/mol. The van der Waals surface area contributed by atoms with Crippen LogP contribution in [-0.2, 0) is 0 Å². The SMILES string of the molecule is Cc1cnccc1-c1noc(-c2ccc(I)c(O)c2)n1. The lowest BCUT2D eigenvalue weighted by atomic mass is 10.1. The second-order valence-electron chi connectivity index (χ2n) is 4.28. The van der Waals surface area contributed by atoms with Crippen LogP contribution in [0.5, 0.6) is 5.75 Å². The maximum Gasteiger partial charge on any atom is 0.258 e. The lowest BCUT2D eigenvalue weighted by Crippen LogP contribution is -1.86. The van der Waals surface area contributed by atoms with Gasteiger partial charge in [-0.3, -0.25) is 4.98 Å². The van der Waals surface area contributed by atoms with E-state index in [1.165, 1.54) is 0 Å². The molecule has 2 heterocycles. The molecule has 2 aromatic heterocycles. The number of rotatable bonds is 2. The lowest BCUT2D eigenvalue weighted by molar-refractivity contribution is 0.431. The van der Waals surface area contributed by atoms with Gasteiger partial charge in [0, 0.05) is 23.5 Å². The first-order chi connectivity index (χ1) is 9.65. The van der Waals surface area contributed by atoms with Gasteiger partial charge in [-0.15, -0.1) is 0 Å². The van der Waals surface area contributed by atoms with Crippen LogP contribution in [0, 0.1) is 10.5 Å². The molecule has 6 heteroatoms. The van der Waals surface area contributed by atoms with Crippen LogP contribution in [0.15, 0.2) is 41.2 Å². The Bertz CT molecular complexity index is 771. The normalized spacial score (nSPS) is 10.7. The number of hydrogen-bond acceptors (Lipinski definition) is 5. The first-order valence-corrected chi connectivity index (χ1v) is 6.96. The van der Waals surface area contributed by atoms with E-state index in [0.717, 1.165) is 14.7 Å². The topological polar surface area (TPSA) is 72.0 Å². The molecule has 20 heavy (non-hydrogen) atoms. The van der Waals surface area contributed by atoms with E-state index in [4.69, 9.17) is 4.52 Å². The third-order valence-corrected chi connectivity index (χ3v) is 3.79. The van der Waals surface area contributed by atoms with Crippen LogP contribution >= 0.6 is 22.6 Å². The smallest absolute Gasteiger partial charge is 0.258 e. The van der Waals surface area contributed by atoms with Gasteiger partial charge in [-0.05, 0) is 59.3 Å². The number of aryl methyl sites for hydroxylation is 1. The molecule has 0 aliphatic heterocycles. The Morgan fingerprint density at radius 3 is 2.85 bits per heavy atom. The fraction of sp³-hybridized carbons (Fsp3) is 0.0714. The minimum absolute atomic E-state index is 0.197. The van der Waals surface area contributed by atoms with Crippen molar-refractivity contribution in [3.8, 4) is 28.6 Å². The van der Waals surface area contributed by atoms with Crippen molar-refractivity contribution in [2.24, 2.45) is 0 Å². The van der Waals surface area contributed by atoms with Gasteiger partial charge in [0.25, 0.3) is 5.89 Å². The highest BCUT2D eigenvalue weighted by atomic mass is 127. The van der Waals surface area contributed by atoms with E-state index < -0.39 is 0 Å². The minimum Gasteiger partial charge on any atom is -0.507 e.